The number of rotatable bonds is 6. The Labute approximate surface area is 179 Å². The minimum absolute atomic E-state index is 0.135. The van der Waals surface area contributed by atoms with Crippen LogP contribution in [0.1, 0.15) is 44.1 Å². The third-order valence-electron chi connectivity index (χ3n) is 7.05. The minimum Gasteiger partial charge on any atom is -0.336 e. The van der Waals surface area contributed by atoms with Gasteiger partial charge >= 0.3 is 0 Å². The molecule has 1 amide bonds. The Hall–Kier alpha value is -1.95. The molecule has 2 heterocycles. The standard InChI is InChI=1S/C22H30N4O3S/c1-17(27)26(21-14-20(21)18-6-4-3-5-7-18)19-8-12-24(13-9-19)22(10-11-23)15-25(16-22)30(2,28)29/h3-7,19-21H,8-10,12-16H2,1-2H3/t20?,21-/m1/s1. The zero-order chi connectivity index (χ0) is 21.5. The number of benzene rings is 1. The Balaban J connectivity index is 1.39. The van der Waals surface area contributed by atoms with Crippen LogP contribution in [-0.2, 0) is 14.8 Å². The molecule has 0 bridgehead atoms. The van der Waals surface area contributed by atoms with Crippen LogP contribution in [0.3, 0.4) is 0 Å². The van der Waals surface area contributed by atoms with E-state index in [9.17, 15) is 18.5 Å². The van der Waals surface area contributed by atoms with Gasteiger partial charge in [-0.2, -0.15) is 9.57 Å². The topological polar surface area (TPSA) is 84.7 Å². The number of sulfonamides is 1. The molecular formula is C22H30N4O3S. The molecule has 1 aliphatic carbocycles. The monoisotopic (exact) mass is 430 g/mol. The summed E-state index contributed by atoms with van der Waals surface area (Å²) in [5.41, 5.74) is 0.921. The van der Waals surface area contributed by atoms with Crippen LogP contribution < -0.4 is 0 Å². The Morgan fingerprint density at radius 1 is 1.23 bits per heavy atom. The van der Waals surface area contributed by atoms with E-state index >= 15 is 0 Å². The summed E-state index contributed by atoms with van der Waals surface area (Å²) >= 11 is 0. The molecule has 8 heteroatoms. The SMILES string of the molecule is CC(=O)N(C1CCN(C2(CC#N)CN(S(C)(=O)=O)C2)CC1)[C@@H]1CC1c1ccccc1. The Bertz CT molecular complexity index is 929. The summed E-state index contributed by atoms with van der Waals surface area (Å²) in [5.74, 6) is 0.559. The van der Waals surface area contributed by atoms with Gasteiger partial charge in [-0.15, -0.1) is 0 Å². The summed E-state index contributed by atoms with van der Waals surface area (Å²) < 4.78 is 25.1. The number of amides is 1. The molecule has 0 aromatic heterocycles. The van der Waals surface area contributed by atoms with E-state index in [4.69, 9.17) is 0 Å². The van der Waals surface area contributed by atoms with E-state index in [1.165, 1.54) is 16.1 Å². The lowest BCUT2D eigenvalue weighted by molar-refractivity contribution is -0.133. The van der Waals surface area contributed by atoms with Gasteiger partial charge in [-0.1, -0.05) is 30.3 Å². The fourth-order valence-electron chi connectivity index (χ4n) is 5.34. The van der Waals surface area contributed by atoms with Gasteiger partial charge in [0.2, 0.25) is 15.9 Å². The van der Waals surface area contributed by atoms with Gasteiger partial charge in [0, 0.05) is 51.1 Å². The highest BCUT2D eigenvalue weighted by atomic mass is 32.2. The predicted octanol–water partition coefficient (Wildman–Crippen LogP) is 1.78. The number of carbonyl (C=O) groups is 1. The third-order valence-corrected chi connectivity index (χ3v) is 8.25. The van der Waals surface area contributed by atoms with Crippen LogP contribution in [0.5, 0.6) is 0 Å². The minimum atomic E-state index is -3.22. The number of nitrogens with zero attached hydrogens (tertiary/aromatic N) is 4. The Morgan fingerprint density at radius 2 is 1.87 bits per heavy atom. The summed E-state index contributed by atoms with van der Waals surface area (Å²) in [6.07, 6.45) is 4.30. The van der Waals surface area contributed by atoms with Crippen molar-refractivity contribution in [3.05, 3.63) is 35.9 Å². The number of piperidine rings is 1. The molecule has 2 aliphatic heterocycles. The molecule has 1 aromatic rings. The van der Waals surface area contributed by atoms with Gasteiger partial charge in [0.15, 0.2) is 0 Å². The smallest absolute Gasteiger partial charge is 0.219 e. The van der Waals surface area contributed by atoms with Gasteiger partial charge < -0.3 is 4.90 Å². The summed E-state index contributed by atoms with van der Waals surface area (Å²) in [6, 6.07) is 13.1. The van der Waals surface area contributed by atoms with Crippen molar-refractivity contribution in [2.24, 2.45) is 0 Å². The molecule has 3 fully saturated rings. The highest BCUT2D eigenvalue weighted by Gasteiger charge is 2.52. The molecule has 0 spiro atoms. The molecule has 2 saturated heterocycles. The fourth-order valence-corrected chi connectivity index (χ4v) is 6.29. The number of hydrogen-bond donors (Lipinski definition) is 0. The van der Waals surface area contributed by atoms with Crippen molar-refractivity contribution in [3.63, 3.8) is 0 Å². The number of nitriles is 1. The molecule has 162 valence electrons. The van der Waals surface area contributed by atoms with Crippen LogP contribution >= 0.6 is 0 Å². The van der Waals surface area contributed by atoms with E-state index in [2.05, 4.69) is 28.0 Å². The quantitative estimate of drug-likeness (QED) is 0.687. The lowest BCUT2D eigenvalue weighted by Crippen LogP contribution is -2.72. The average molecular weight is 431 g/mol. The van der Waals surface area contributed by atoms with Crippen molar-refractivity contribution in [1.29, 1.82) is 5.26 Å². The molecule has 1 aromatic carbocycles. The molecule has 2 atom stereocenters. The summed E-state index contributed by atoms with van der Waals surface area (Å²) in [4.78, 5) is 16.9. The van der Waals surface area contributed by atoms with Crippen molar-refractivity contribution < 1.29 is 13.2 Å². The van der Waals surface area contributed by atoms with Gasteiger partial charge in [-0.05, 0) is 24.8 Å². The molecule has 1 unspecified atom stereocenters. The first-order valence-corrected chi connectivity index (χ1v) is 12.5. The predicted molar refractivity (Wildman–Crippen MR) is 114 cm³/mol. The van der Waals surface area contributed by atoms with Crippen LogP contribution in [0.2, 0.25) is 0 Å². The van der Waals surface area contributed by atoms with Gasteiger partial charge in [0.05, 0.1) is 24.3 Å². The molecule has 4 rings (SSSR count). The maximum Gasteiger partial charge on any atom is 0.219 e. The lowest BCUT2D eigenvalue weighted by atomic mass is 9.84. The highest BCUT2D eigenvalue weighted by molar-refractivity contribution is 7.88. The second kappa shape index (κ2) is 7.95. The van der Waals surface area contributed by atoms with E-state index in [0.717, 1.165) is 32.4 Å². The molecule has 0 N–H and O–H groups in total. The first-order valence-electron chi connectivity index (χ1n) is 10.7. The second-order valence-electron chi connectivity index (χ2n) is 9.06. The van der Waals surface area contributed by atoms with Gasteiger partial charge in [-0.25, -0.2) is 8.42 Å². The van der Waals surface area contributed by atoms with Gasteiger partial charge in [0.1, 0.15) is 0 Å². The molecule has 0 radical (unpaired) electrons. The Morgan fingerprint density at radius 3 is 2.40 bits per heavy atom. The summed E-state index contributed by atoms with van der Waals surface area (Å²) in [5, 5.41) is 9.32. The first kappa shape index (κ1) is 21.3. The zero-order valence-electron chi connectivity index (χ0n) is 17.7. The fraction of sp³-hybridized carbons (Fsp3) is 0.636. The lowest BCUT2D eigenvalue weighted by Gasteiger charge is -2.56. The Kier molecular flexibility index (Phi) is 5.64. The molecule has 7 nitrogen and oxygen atoms in total. The third kappa shape index (κ3) is 3.98. The molecule has 30 heavy (non-hydrogen) atoms. The number of hydrogen-bond acceptors (Lipinski definition) is 5. The molecule has 3 aliphatic rings. The van der Waals surface area contributed by atoms with E-state index in [1.54, 1.807) is 6.92 Å². The van der Waals surface area contributed by atoms with Gasteiger partial charge in [-0.3, -0.25) is 9.69 Å². The zero-order valence-corrected chi connectivity index (χ0v) is 18.5. The van der Waals surface area contributed by atoms with Crippen LogP contribution in [-0.4, -0.2) is 78.5 Å². The van der Waals surface area contributed by atoms with E-state index in [1.807, 2.05) is 18.2 Å². The van der Waals surface area contributed by atoms with Gasteiger partial charge in [0.25, 0.3) is 0 Å². The van der Waals surface area contributed by atoms with Crippen LogP contribution in [0.4, 0.5) is 0 Å². The van der Waals surface area contributed by atoms with Crippen molar-refractivity contribution >= 4 is 15.9 Å². The van der Waals surface area contributed by atoms with Crippen LogP contribution in [0, 0.1) is 11.3 Å². The van der Waals surface area contributed by atoms with E-state index in [0.29, 0.717) is 25.4 Å². The summed E-state index contributed by atoms with van der Waals surface area (Å²) in [7, 11) is -3.22. The van der Waals surface area contributed by atoms with Crippen LogP contribution in [0.25, 0.3) is 0 Å². The number of likely N-dealkylation sites (tertiary alicyclic amines) is 1. The van der Waals surface area contributed by atoms with E-state index < -0.39 is 10.0 Å². The maximum atomic E-state index is 12.5. The number of carbonyl (C=O) groups excluding carboxylic acids is 1. The highest BCUT2D eigenvalue weighted by Crippen LogP contribution is 2.46. The second-order valence-corrected chi connectivity index (χ2v) is 11.0. The van der Waals surface area contributed by atoms with Crippen molar-refractivity contribution in [2.75, 3.05) is 32.4 Å². The first-order chi connectivity index (χ1) is 14.2. The van der Waals surface area contributed by atoms with Crippen molar-refractivity contribution in [3.8, 4) is 6.07 Å². The maximum absolute atomic E-state index is 12.5. The normalized spacial score (nSPS) is 27.1. The van der Waals surface area contributed by atoms with E-state index in [-0.39, 0.29) is 23.5 Å². The average Bonchev–Trinajstić information content (AvgIpc) is 3.45. The van der Waals surface area contributed by atoms with Crippen molar-refractivity contribution in [2.45, 2.75) is 56.1 Å². The molecule has 1 saturated carbocycles. The molecular weight excluding hydrogens is 400 g/mol. The van der Waals surface area contributed by atoms with Crippen molar-refractivity contribution in [1.82, 2.24) is 14.1 Å². The summed E-state index contributed by atoms with van der Waals surface area (Å²) in [6.45, 7) is 4.02. The van der Waals surface area contributed by atoms with Crippen LogP contribution in [0.15, 0.2) is 30.3 Å². The largest absolute Gasteiger partial charge is 0.336 e.